The molecule has 9 heteroatoms. The first-order valence-corrected chi connectivity index (χ1v) is 11.1. The summed E-state index contributed by atoms with van der Waals surface area (Å²) in [6.07, 6.45) is 1.60. The number of rotatable bonds is 10. The van der Waals surface area contributed by atoms with Crippen LogP contribution in [0.3, 0.4) is 0 Å². The first-order valence-electron chi connectivity index (χ1n) is 10.3. The summed E-state index contributed by atoms with van der Waals surface area (Å²) in [5.41, 5.74) is 1.35. The lowest BCUT2D eigenvalue weighted by atomic mass is 10.2. The van der Waals surface area contributed by atoms with E-state index in [4.69, 9.17) is 4.74 Å². The number of ether oxygens (including phenoxy) is 1. The van der Waals surface area contributed by atoms with E-state index in [0.29, 0.717) is 36.5 Å². The van der Waals surface area contributed by atoms with Crippen LogP contribution in [0, 0.1) is 5.82 Å². The highest BCUT2D eigenvalue weighted by molar-refractivity contribution is 7.13. The van der Waals surface area contributed by atoms with Crippen molar-refractivity contribution in [3.63, 3.8) is 0 Å². The third kappa shape index (κ3) is 7.42. The monoisotopic (exact) mass is 456 g/mol. The van der Waals surface area contributed by atoms with Crippen LogP contribution >= 0.6 is 11.3 Å². The summed E-state index contributed by atoms with van der Waals surface area (Å²) in [5, 5.41) is 14.2. The number of aromatic nitrogens is 2. The van der Waals surface area contributed by atoms with Gasteiger partial charge < -0.3 is 15.4 Å². The zero-order valence-corrected chi connectivity index (χ0v) is 18.7. The molecule has 0 radical (unpaired) electrons. The SMILES string of the molecule is CC(C)Oc1ccc(CNC(=O)CCCc2nnc(C(=O)Nc3cccc(F)c3)s2)cc1. The normalized spacial score (nSPS) is 10.8. The van der Waals surface area contributed by atoms with Crippen molar-refractivity contribution in [2.24, 2.45) is 0 Å². The molecule has 1 heterocycles. The van der Waals surface area contributed by atoms with Crippen LogP contribution in [0.25, 0.3) is 0 Å². The molecule has 0 unspecified atom stereocenters. The Morgan fingerprint density at radius 3 is 2.62 bits per heavy atom. The van der Waals surface area contributed by atoms with Gasteiger partial charge in [0.1, 0.15) is 16.6 Å². The summed E-state index contributed by atoms with van der Waals surface area (Å²) >= 11 is 1.16. The molecule has 168 valence electrons. The molecule has 0 aliphatic carbocycles. The number of benzene rings is 2. The fourth-order valence-corrected chi connectivity index (χ4v) is 3.62. The van der Waals surface area contributed by atoms with E-state index < -0.39 is 11.7 Å². The van der Waals surface area contributed by atoms with Crippen molar-refractivity contribution in [2.75, 3.05) is 5.32 Å². The van der Waals surface area contributed by atoms with Crippen molar-refractivity contribution in [1.82, 2.24) is 15.5 Å². The number of nitrogens with zero attached hydrogens (tertiary/aromatic N) is 2. The maximum atomic E-state index is 13.2. The fourth-order valence-electron chi connectivity index (χ4n) is 2.84. The lowest BCUT2D eigenvalue weighted by molar-refractivity contribution is -0.121. The van der Waals surface area contributed by atoms with E-state index in [9.17, 15) is 14.0 Å². The molecule has 1 aromatic heterocycles. The highest BCUT2D eigenvalue weighted by Gasteiger charge is 2.14. The average Bonchev–Trinajstić information content (AvgIpc) is 3.22. The van der Waals surface area contributed by atoms with Crippen molar-refractivity contribution in [1.29, 1.82) is 0 Å². The molecule has 0 spiro atoms. The number of anilines is 1. The molecular formula is C23H25FN4O3S. The van der Waals surface area contributed by atoms with E-state index in [-0.39, 0.29) is 17.0 Å². The fraction of sp³-hybridized carbons (Fsp3) is 0.304. The van der Waals surface area contributed by atoms with Gasteiger partial charge in [-0.1, -0.05) is 29.5 Å². The molecular weight excluding hydrogens is 431 g/mol. The van der Waals surface area contributed by atoms with Crippen molar-refractivity contribution < 1.29 is 18.7 Å². The summed E-state index contributed by atoms with van der Waals surface area (Å²) < 4.78 is 18.8. The van der Waals surface area contributed by atoms with Gasteiger partial charge in [-0.25, -0.2) is 4.39 Å². The van der Waals surface area contributed by atoms with Crippen LogP contribution in [0.1, 0.15) is 47.1 Å². The largest absolute Gasteiger partial charge is 0.491 e. The second-order valence-corrected chi connectivity index (χ2v) is 8.47. The summed E-state index contributed by atoms with van der Waals surface area (Å²) in [6.45, 7) is 4.39. The third-order valence-corrected chi connectivity index (χ3v) is 5.30. The van der Waals surface area contributed by atoms with Crippen molar-refractivity contribution >= 4 is 28.8 Å². The Labute approximate surface area is 190 Å². The van der Waals surface area contributed by atoms with E-state index in [1.165, 1.54) is 18.2 Å². The van der Waals surface area contributed by atoms with Gasteiger partial charge in [0.25, 0.3) is 5.91 Å². The highest BCUT2D eigenvalue weighted by atomic mass is 32.1. The summed E-state index contributed by atoms with van der Waals surface area (Å²) in [4.78, 5) is 24.3. The zero-order chi connectivity index (χ0) is 22.9. The number of nitrogens with one attached hydrogen (secondary N) is 2. The standard InChI is InChI=1S/C23H25FN4O3S/c1-15(2)31-19-11-9-16(10-12-19)14-25-20(29)7-4-8-21-27-28-23(32-21)22(30)26-18-6-3-5-17(24)13-18/h3,5-6,9-13,15H,4,7-8,14H2,1-2H3,(H,25,29)(H,26,30). The molecule has 0 fully saturated rings. The Kier molecular flexibility index (Phi) is 8.27. The molecule has 2 aromatic carbocycles. The van der Waals surface area contributed by atoms with Gasteiger partial charge in [-0.3, -0.25) is 9.59 Å². The van der Waals surface area contributed by atoms with Crippen LogP contribution < -0.4 is 15.4 Å². The van der Waals surface area contributed by atoms with Crippen molar-refractivity contribution in [3.05, 3.63) is 69.9 Å². The maximum Gasteiger partial charge on any atom is 0.286 e. The number of aryl methyl sites for hydroxylation is 1. The van der Waals surface area contributed by atoms with Crippen LogP contribution in [0.5, 0.6) is 5.75 Å². The number of halogens is 1. The first-order chi connectivity index (χ1) is 15.4. The van der Waals surface area contributed by atoms with Gasteiger partial charge >= 0.3 is 0 Å². The number of carbonyl (C=O) groups excluding carboxylic acids is 2. The Morgan fingerprint density at radius 1 is 1.12 bits per heavy atom. The minimum Gasteiger partial charge on any atom is -0.491 e. The molecule has 2 N–H and O–H groups in total. The third-order valence-electron chi connectivity index (χ3n) is 4.32. The minimum absolute atomic E-state index is 0.0545. The predicted octanol–water partition coefficient (Wildman–Crippen LogP) is 4.36. The lowest BCUT2D eigenvalue weighted by Gasteiger charge is -2.10. The number of hydrogen-bond acceptors (Lipinski definition) is 6. The molecule has 3 aromatic rings. The minimum atomic E-state index is -0.443. The molecule has 0 saturated heterocycles. The van der Waals surface area contributed by atoms with E-state index in [2.05, 4.69) is 20.8 Å². The molecule has 7 nitrogen and oxygen atoms in total. The smallest absolute Gasteiger partial charge is 0.286 e. The second kappa shape index (κ2) is 11.3. The van der Waals surface area contributed by atoms with Crippen LogP contribution in [-0.2, 0) is 17.8 Å². The van der Waals surface area contributed by atoms with Crippen molar-refractivity contribution in [3.8, 4) is 5.75 Å². The van der Waals surface area contributed by atoms with Gasteiger partial charge in [0.2, 0.25) is 10.9 Å². The molecule has 0 bridgehead atoms. The Morgan fingerprint density at radius 2 is 1.91 bits per heavy atom. The molecule has 0 atom stereocenters. The van der Waals surface area contributed by atoms with Crippen molar-refractivity contribution in [2.45, 2.75) is 45.8 Å². The zero-order valence-electron chi connectivity index (χ0n) is 17.9. The van der Waals surface area contributed by atoms with E-state index in [0.717, 1.165) is 22.6 Å². The van der Waals surface area contributed by atoms with E-state index in [1.54, 1.807) is 6.07 Å². The summed E-state index contributed by atoms with van der Waals surface area (Å²) in [5.74, 6) is -0.129. The Hall–Kier alpha value is -3.33. The van der Waals surface area contributed by atoms with E-state index >= 15 is 0 Å². The summed E-state index contributed by atoms with van der Waals surface area (Å²) in [6, 6.07) is 13.3. The second-order valence-electron chi connectivity index (χ2n) is 7.41. The molecule has 32 heavy (non-hydrogen) atoms. The van der Waals surface area contributed by atoms with Gasteiger partial charge in [-0.15, -0.1) is 10.2 Å². The highest BCUT2D eigenvalue weighted by Crippen LogP contribution is 2.16. The molecule has 3 rings (SSSR count). The number of amides is 2. The average molecular weight is 457 g/mol. The van der Waals surface area contributed by atoms with E-state index in [1.807, 2.05) is 38.1 Å². The topological polar surface area (TPSA) is 93.2 Å². The van der Waals surface area contributed by atoms with Crippen LogP contribution in [-0.4, -0.2) is 28.1 Å². The molecule has 0 saturated carbocycles. The van der Waals surface area contributed by atoms with Gasteiger partial charge in [0.05, 0.1) is 6.10 Å². The van der Waals surface area contributed by atoms with Gasteiger partial charge in [0.15, 0.2) is 0 Å². The molecule has 0 aliphatic heterocycles. The van der Waals surface area contributed by atoms with Crippen LogP contribution in [0.15, 0.2) is 48.5 Å². The van der Waals surface area contributed by atoms with Crippen LogP contribution in [0.4, 0.5) is 10.1 Å². The predicted molar refractivity (Wildman–Crippen MR) is 121 cm³/mol. The first kappa shape index (κ1) is 23.3. The Bertz CT molecular complexity index is 1050. The quantitative estimate of drug-likeness (QED) is 0.473. The van der Waals surface area contributed by atoms with Gasteiger partial charge in [-0.2, -0.15) is 0 Å². The number of carbonyl (C=O) groups is 2. The summed E-state index contributed by atoms with van der Waals surface area (Å²) in [7, 11) is 0. The lowest BCUT2D eigenvalue weighted by Crippen LogP contribution is -2.22. The molecule has 0 aliphatic rings. The van der Waals surface area contributed by atoms with Crippen LogP contribution in [0.2, 0.25) is 0 Å². The maximum absolute atomic E-state index is 13.2. The number of hydrogen-bond donors (Lipinski definition) is 2. The molecule has 2 amide bonds. The van der Waals surface area contributed by atoms with Gasteiger partial charge in [-0.05, 0) is 56.2 Å². The van der Waals surface area contributed by atoms with Gasteiger partial charge in [0, 0.05) is 25.1 Å². The Balaban J connectivity index is 1.38.